The number of amides is 2. The molecule has 5 rings (SSSR count). The summed E-state index contributed by atoms with van der Waals surface area (Å²) in [5.74, 6) is 0.223. The average molecular weight is 507 g/mol. The van der Waals surface area contributed by atoms with Gasteiger partial charge in [0.15, 0.2) is 11.5 Å². The van der Waals surface area contributed by atoms with Crippen molar-refractivity contribution in [1.82, 2.24) is 34.6 Å². The molecule has 15 heteroatoms. The molecule has 0 spiro atoms. The van der Waals surface area contributed by atoms with Gasteiger partial charge in [-0.3, -0.25) is 4.90 Å². The third kappa shape index (κ3) is 3.43. The third-order valence-corrected chi connectivity index (χ3v) is 6.19. The van der Waals surface area contributed by atoms with Gasteiger partial charge < -0.3 is 11.1 Å². The third-order valence-electron chi connectivity index (χ3n) is 5.91. The molecular formula is C20H18ClF3N10O. The van der Waals surface area contributed by atoms with E-state index in [0.29, 0.717) is 12.1 Å². The number of fused-ring (bicyclic) bond motifs is 3. The fourth-order valence-electron chi connectivity index (χ4n) is 4.06. The van der Waals surface area contributed by atoms with Gasteiger partial charge in [0.2, 0.25) is 0 Å². The van der Waals surface area contributed by atoms with E-state index in [1.54, 1.807) is 6.92 Å². The van der Waals surface area contributed by atoms with E-state index in [0.717, 1.165) is 16.3 Å². The summed E-state index contributed by atoms with van der Waals surface area (Å²) in [7, 11) is 0. The topological polar surface area (TPSA) is 132 Å². The molecule has 35 heavy (non-hydrogen) atoms. The lowest BCUT2D eigenvalue weighted by Crippen LogP contribution is -2.46. The van der Waals surface area contributed by atoms with Crippen LogP contribution in [0.4, 0.5) is 35.0 Å². The Kier molecular flexibility index (Phi) is 5.09. The van der Waals surface area contributed by atoms with E-state index in [1.165, 1.54) is 35.7 Å². The molecule has 0 aliphatic carbocycles. The number of halogens is 4. The number of hydrogen-bond acceptors (Lipinski definition) is 7. The highest BCUT2D eigenvalue weighted by Gasteiger charge is 2.60. The number of hydrogen-bond donors (Lipinski definition) is 2. The molecule has 0 bridgehead atoms. The minimum absolute atomic E-state index is 0.0311. The van der Waals surface area contributed by atoms with Crippen LogP contribution in [0.15, 0.2) is 30.9 Å². The quantitative estimate of drug-likeness (QED) is 0.435. The van der Waals surface area contributed by atoms with Crippen LogP contribution in [0.25, 0.3) is 11.5 Å². The number of aromatic nitrogens is 7. The van der Waals surface area contributed by atoms with Gasteiger partial charge in [-0.05, 0) is 19.4 Å². The van der Waals surface area contributed by atoms with E-state index >= 15 is 0 Å². The maximum atomic E-state index is 14.3. The molecule has 11 nitrogen and oxygen atoms in total. The van der Waals surface area contributed by atoms with Gasteiger partial charge in [-0.15, -0.1) is 4.80 Å². The number of nitrogen functional groups attached to an aromatic ring is 1. The first-order chi connectivity index (χ1) is 16.5. The summed E-state index contributed by atoms with van der Waals surface area (Å²) in [5.41, 5.74) is 4.29. The van der Waals surface area contributed by atoms with Gasteiger partial charge in [0.25, 0.3) is 0 Å². The lowest BCUT2D eigenvalue weighted by molar-refractivity contribution is -0.181. The van der Waals surface area contributed by atoms with Crippen molar-refractivity contribution in [2.75, 3.05) is 22.5 Å². The maximum absolute atomic E-state index is 14.3. The summed E-state index contributed by atoms with van der Waals surface area (Å²) in [4.78, 5) is 23.6. The molecule has 0 aromatic carbocycles. The maximum Gasteiger partial charge on any atom is 0.401 e. The van der Waals surface area contributed by atoms with Crippen molar-refractivity contribution in [3.63, 3.8) is 0 Å². The number of rotatable bonds is 3. The Labute approximate surface area is 200 Å². The van der Waals surface area contributed by atoms with Gasteiger partial charge in [-0.2, -0.15) is 28.5 Å². The molecule has 0 saturated heterocycles. The van der Waals surface area contributed by atoms with E-state index in [4.69, 9.17) is 17.3 Å². The summed E-state index contributed by atoms with van der Waals surface area (Å²) in [6, 6.07) is 0.577. The van der Waals surface area contributed by atoms with E-state index in [-0.39, 0.29) is 39.2 Å². The van der Waals surface area contributed by atoms with E-state index < -0.39 is 24.2 Å². The molecule has 3 N–H and O–H groups in total. The summed E-state index contributed by atoms with van der Waals surface area (Å²) >= 11 is 6.24. The first kappa shape index (κ1) is 22.8. The summed E-state index contributed by atoms with van der Waals surface area (Å²) in [5, 5.41) is 14.8. The van der Waals surface area contributed by atoms with Gasteiger partial charge >= 0.3 is 12.2 Å². The molecule has 4 aromatic heterocycles. The Morgan fingerprint density at radius 1 is 1.26 bits per heavy atom. The zero-order valence-corrected chi connectivity index (χ0v) is 19.1. The second-order valence-electron chi connectivity index (χ2n) is 8.14. The summed E-state index contributed by atoms with van der Waals surface area (Å²) < 4.78 is 44.1. The van der Waals surface area contributed by atoms with Crippen molar-refractivity contribution >= 4 is 40.3 Å². The van der Waals surface area contributed by atoms with Gasteiger partial charge in [0.1, 0.15) is 11.1 Å². The molecule has 2 amide bonds. The van der Waals surface area contributed by atoms with Crippen molar-refractivity contribution in [2.45, 2.75) is 31.9 Å². The SMILES string of the molecule is CCc1nn2c3c(cnc2c1N)N(C(=O)Nc1cnc(-n2nccn2)c(Cl)c1)C[C@]3(C)C(F)(F)F. The van der Waals surface area contributed by atoms with Crippen LogP contribution in [0.5, 0.6) is 0 Å². The van der Waals surface area contributed by atoms with Crippen LogP contribution in [0.2, 0.25) is 5.02 Å². The van der Waals surface area contributed by atoms with Crippen molar-refractivity contribution in [3.8, 4) is 5.82 Å². The molecule has 1 aliphatic heterocycles. The van der Waals surface area contributed by atoms with Crippen LogP contribution in [-0.4, -0.2) is 53.3 Å². The summed E-state index contributed by atoms with van der Waals surface area (Å²) in [6.45, 7) is 2.12. The Balaban J connectivity index is 1.54. The molecule has 0 unspecified atom stereocenters. The Bertz CT molecular complexity index is 1450. The number of aryl methyl sites for hydroxylation is 1. The molecule has 0 saturated carbocycles. The second-order valence-corrected chi connectivity index (χ2v) is 8.54. The first-order valence-electron chi connectivity index (χ1n) is 10.4. The second kappa shape index (κ2) is 7.80. The van der Waals surface area contributed by atoms with Crippen molar-refractivity contribution < 1.29 is 18.0 Å². The van der Waals surface area contributed by atoms with Crippen LogP contribution in [0, 0.1) is 0 Å². The minimum atomic E-state index is -4.69. The predicted molar refractivity (Wildman–Crippen MR) is 121 cm³/mol. The van der Waals surface area contributed by atoms with E-state index in [9.17, 15) is 18.0 Å². The number of alkyl halides is 3. The molecule has 1 atom stereocenters. The smallest absolute Gasteiger partial charge is 0.394 e. The fourth-order valence-corrected chi connectivity index (χ4v) is 4.30. The van der Waals surface area contributed by atoms with Gasteiger partial charge in [0.05, 0.1) is 52.6 Å². The summed E-state index contributed by atoms with van der Waals surface area (Å²) in [6.07, 6.45) is 1.11. The number of carbonyl (C=O) groups excluding carboxylic acids is 1. The van der Waals surface area contributed by atoms with Crippen molar-refractivity contribution in [3.05, 3.63) is 47.3 Å². The number of nitrogens with two attached hydrogens (primary N) is 1. The normalized spacial score (nSPS) is 17.7. The highest BCUT2D eigenvalue weighted by Crippen LogP contribution is 2.50. The zero-order valence-electron chi connectivity index (χ0n) is 18.4. The first-order valence-corrected chi connectivity index (χ1v) is 10.8. The molecule has 0 fully saturated rings. The number of anilines is 3. The number of pyridine rings is 1. The monoisotopic (exact) mass is 506 g/mol. The molecule has 4 aromatic rings. The van der Waals surface area contributed by atoms with E-state index in [1.807, 2.05) is 0 Å². The molecule has 5 heterocycles. The highest BCUT2D eigenvalue weighted by molar-refractivity contribution is 6.32. The lowest BCUT2D eigenvalue weighted by atomic mass is 9.87. The highest BCUT2D eigenvalue weighted by atomic mass is 35.5. The van der Waals surface area contributed by atoms with E-state index in [2.05, 4.69) is 30.6 Å². The Morgan fingerprint density at radius 3 is 2.60 bits per heavy atom. The molecular weight excluding hydrogens is 489 g/mol. The Morgan fingerprint density at radius 2 is 1.97 bits per heavy atom. The van der Waals surface area contributed by atoms with Crippen molar-refractivity contribution in [1.29, 1.82) is 0 Å². The zero-order chi connectivity index (χ0) is 25.1. The number of carbonyl (C=O) groups is 1. The van der Waals surface area contributed by atoms with Gasteiger partial charge in [-0.25, -0.2) is 19.3 Å². The van der Waals surface area contributed by atoms with Crippen LogP contribution in [-0.2, 0) is 11.8 Å². The lowest BCUT2D eigenvalue weighted by Gasteiger charge is -2.28. The Hall–Kier alpha value is -3.94. The predicted octanol–water partition coefficient (Wildman–Crippen LogP) is 3.38. The molecule has 1 aliphatic rings. The standard InChI is InChI=1S/C20H18ClF3N10O/c1-3-12-14(25)17-27-8-13-15(33(17)31-12)19(2,20(22,23)24)9-32(13)18(35)30-10-6-11(21)16(26-7-10)34-28-4-5-29-34/h4-8H,3,9,25H2,1-2H3,(H,30,35)/t19-/m0/s1. The van der Waals surface area contributed by atoms with Crippen LogP contribution >= 0.6 is 11.6 Å². The van der Waals surface area contributed by atoms with Crippen LogP contribution < -0.4 is 16.0 Å². The molecule has 182 valence electrons. The number of urea groups is 1. The molecule has 0 radical (unpaired) electrons. The fraction of sp³-hybridized carbons (Fsp3) is 0.300. The van der Waals surface area contributed by atoms with Crippen molar-refractivity contribution in [2.24, 2.45) is 0 Å². The number of nitrogens with one attached hydrogen (secondary N) is 1. The van der Waals surface area contributed by atoms with Crippen LogP contribution in [0.3, 0.4) is 0 Å². The number of nitrogens with zero attached hydrogens (tertiary/aromatic N) is 8. The average Bonchev–Trinajstić information content (AvgIpc) is 3.51. The van der Waals surface area contributed by atoms with Gasteiger partial charge in [-0.1, -0.05) is 18.5 Å². The van der Waals surface area contributed by atoms with Gasteiger partial charge in [0, 0.05) is 6.54 Å². The van der Waals surface area contributed by atoms with Crippen LogP contribution in [0.1, 0.15) is 25.2 Å². The minimum Gasteiger partial charge on any atom is -0.394 e. The largest absolute Gasteiger partial charge is 0.401 e.